The lowest BCUT2D eigenvalue weighted by atomic mass is 10.1. The molecule has 0 unspecified atom stereocenters. The normalized spacial score (nSPS) is 21.3. The fourth-order valence-corrected chi connectivity index (χ4v) is 2.40. The van der Waals surface area contributed by atoms with Crippen LogP contribution in [0.1, 0.15) is 5.56 Å². The Morgan fingerprint density at radius 2 is 2.05 bits per heavy atom. The average Bonchev–Trinajstić information content (AvgIpc) is 2.41. The second-order valence-electron chi connectivity index (χ2n) is 5.34. The van der Waals surface area contributed by atoms with Gasteiger partial charge in [0.15, 0.2) is 0 Å². The van der Waals surface area contributed by atoms with Gasteiger partial charge in [0, 0.05) is 52.7 Å². The summed E-state index contributed by atoms with van der Waals surface area (Å²) in [4.78, 5) is 22.5. The molecule has 19 heavy (non-hydrogen) atoms. The molecule has 1 fully saturated rings. The summed E-state index contributed by atoms with van der Waals surface area (Å²) in [5, 5.41) is 0. The van der Waals surface area contributed by atoms with Crippen molar-refractivity contribution in [2.24, 2.45) is 0 Å². The number of rotatable bonds is 3. The first-order valence-electron chi connectivity index (χ1n) is 6.60. The highest BCUT2D eigenvalue weighted by Crippen LogP contribution is 2.14. The summed E-state index contributed by atoms with van der Waals surface area (Å²) < 4.78 is 0. The summed E-state index contributed by atoms with van der Waals surface area (Å²) >= 11 is 0. The molecule has 1 amide bonds. The average molecular weight is 262 g/mol. The van der Waals surface area contributed by atoms with Crippen LogP contribution in [0, 0.1) is 0 Å². The van der Waals surface area contributed by atoms with Gasteiger partial charge >= 0.3 is 0 Å². The van der Waals surface area contributed by atoms with Crippen LogP contribution < -0.4 is 0 Å². The Balaban J connectivity index is 2.10. The zero-order valence-electron chi connectivity index (χ0n) is 11.9. The summed E-state index contributed by atoms with van der Waals surface area (Å²) in [6, 6.07) is 3.97. The molecule has 0 N–H and O–H groups in total. The number of piperazine rings is 1. The molecule has 0 radical (unpaired) electrons. The van der Waals surface area contributed by atoms with Crippen molar-refractivity contribution in [3.63, 3.8) is 0 Å². The second-order valence-corrected chi connectivity index (χ2v) is 5.34. The van der Waals surface area contributed by atoms with E-state index in [9.17, 15) is 4.79 Å². The van der Waals surface area contributed by atoms with Crippen LogP contribution in [0.2, 0.25) is 0 Å². The maximum Gasteiger partial charge on any atom is 0.240 e. The molecule has 0 aliphatic carbocycles. The first-order valence-corrected chi connectivity index (χ1v) is 6.60. The number of likely N-dealkylation sites (N-methyl/N-ethyl adjacent to an activating group) is 2. The van der Waals surface area contributed by atoms with Gasteiger partial charge in [0.1, 0.15) is 6.04 Å². The molecule has 1 aromatic rings. The van der Waals surface area contributed by atoms with Gasteiger partial charge in [-0.05, 0) is 24.7 Å². The van der Waals surface area contributed by atoms with Crippen molar-refractivity contribution < 1.29 is 4.79 Å². The lowest BCUT2D eigenvalue weighted by Gasteiger charge is -2.40. The van der Waals surface area contributed by atoms with Crippen molar-refractivity contribution in [1.29, 1.82) is 0 Å². The minimum absolute atomic E-state index is 0.0538. The van der Waals surface area contributed by atoms with Crippen LogP contribution in [0.25, 0.3) is 0 Å². The van der Waals surface area contributed by atoms with Gasteiger partial charge in [0.05, 0.1) is 0 Å². The Morgan fingerprint density at radius 1 is 1.37 bits per heavy atom. The number of carbonyl (C=O) groups excluding carboxylic acids is 1. The molecule has 1 aromatic heterocycles. The van der Waals surface area contributed by atoms with Crippen LogP contribution in [-0.2, 0) is 11.3 Å². The number of carbonyl (C=O) groups is 1. The highest BCUT2D eigenvalue weighted by Gasteiger charge is 2.31. The summed E-state index contributed by atoms with van der Waals surface area (Å²) in [5.41, 5.74) is 1.20. The molecule has 1 atom stereocenters. The topological polar surface area (TPSA) is 39.7 Å². The van der Waals surface area contributed by atoms with E-state index in [0.717, 1.165) is 26.2 Å². The smallest absolute Gasteiger partial charge is 0.240 e. The lowest BCUT2D eigenvalue weighted by Crippen LogP contribution is -2.57. The van der Waals surface area contributed by atoms with E-state index in [1.165, 1.54) is 5.56 Å². The molecule has 0 saturated carbocycles. The minimum atomic E-state index is -0.0538. The number of pyridine rings is 1. The van der Waals surface area contributed by atoms with Crippen molar-refractivity contribution >= 4 is 5.91 Å². The highest BCUT2D eigenvalue weighted by atomic mass is 16.2. The molecule has 5 heteroatoms. The molecule has 104 valence electrons. The maximum absolute atomic E-state index is 12.3. The molecule has 5 nitrogen and oxygen atoms in total. The van der Waals surface area contributed by atoms with Crippen molar-refractivity contribution in [3.8, 4) is 0 Å². The highest BCUT2D eigenvalue weighted by molar-refractivity contribution is 5.81. The summed E-state index contributed by atoms with van der Waals surface area (Å²) in [6.45, 7) is 3.52. The molecule has 1 aliphatic heterocycles. The largest absolute Gasteiger partial charge is 0.347 e. The summed E-state index contributed by atoms with van der Waals surface area (Å²) in [6.07, 6.45) is 3.60. The SMILES string of the molecule is CN1CCN(Cc2ccncc2)[C@H](C(=O)N(C)C)C1. The number of hydrogen-bond donors (Lipinski definition) is 0. The van der Waals surface area contributed by atoms with Crippen molar-refractivity contribution in [1.82, 2.24) is 19.7 Å². The molecule has 1 saturated heterocycles. The van der Waals surface area contributed by atoms with Crippen LogP contribution >= 0.6 is 0 Å². The number of aromatic nitrogens is 1. The third-order valence-corrected chi connectivity index (χ3v) is 3.56. The van der Waals surface area contributed by atoms with E-state index in [1.807, 2.05) is 26.2 Å². The summed E-state index contributed by atoms with van der Waals surface area (Å²) in [5.74, 6) is 0.181. The number of hydrogen-bond acceptors (Lipinski definition) is 4. The third-order valence-electron chi connectivity index (χ3n) is 3.56. The van der Waals surface area contributed by atoms with Crippen molar-refractivity contribution in [2.75, 3.05) is 40.8 Å². The first-order chi connectivity index (χ1) is 9.08. The van der Waals surface area contributed by atoms with E-state index < -0.39 is 0 Å². The standard InChI is InChI=1S/C14H22N4O/c1-16(2)14(19)13-11-17(3)8-9-18(13)10-12-4-6-15-7-5-12/h4-7,13H,8-11H2,1-3H3/t13-/m0/s1. The van der Waals surface area contributed by atoms with Gasteiger partial charge in [-0.25, -0.2) is 0 Å². The van der Waals surface area contributed by atoms with Gasteiger partial charge in [-0.3, -0.25) is 14.7 Å². The monoisotopic (exact) mass is 262 g/mol. The predicted molar refractivity (Wildman–Crippen MR) is 74.6 cm³/mol. The fraction of sp³-hybridized carbons (Fsp3) is 0.571. The van der Waals surface area contributed by atoms with Crippen LogP contribution in [-0.4, -0.2) is 72.4 Å². The summed E-state index contributed by atoms with van der Waals surface area (Å²) in [7, 11) is 5.71. The second kappa shape index (κ2) is 6.12. The molecule has 0 aromatic carbocycles. The van der Waals surface area contributed by atoms with Gasteiger partial charge in [0.25, 0.3) is 0 Å². The molecular formula is C14H22N4O. The fourth-order valence-electron chi connectivity index (χ4n) is 2.40. The van der Waals surface area contributed by atoms with Crippen LogP contribution in [0.5, 0.6) is 0 Å². The van der Waals surface area contributed by atoms with Crippen LogP contribution in [0.4, 0.5) is 0 Å². The van der Waals surface area contributed by atoms with E-state index in [4.69, 9.17) is 0 Å². The van der Waals surface area contributed by atoms with Gasteiger partial charge < -0.3 is 9.80 Å². The minimum Gasteiger partial charge on any atom is -0.347 e. The van der Waals surface area contributed by atoms with Crippen molar-refractivity contribution in [2.45, 2.75) is 12.6 Å². The van der Waals surface area contributed by atoms with Gasteiger partial charge in [-0.1, -0.05) is 0 Å². The molecule has 2 rings (SSSR count). The van der Waals surface area contributed by atoms with Crippen molar-refractivity contribution in [3.05, 3.63) is 30.1 Å². The first kappa shape index (κ1) is 14.0. The van der Waals surface area contributed by atoms with E-state index in [0.29, 0.717) is 0 Å². The Morgan fingerprint density at radius 3 is 2.68 bits per heavy atom. The van der Waals surface area contributed by atoms with E-state index in [1.54, 1.807) is 17.3 Å². The molecular weight excluding hydrogens is 240 g/mol. The molecule has 0 bridgehead atoms. The van der Waals surface area contributed by atoms with E-state index in [2.05, 4.69) is 21.8 Å². The number of amides is 1. The zero-order valence-corrected chi connectivity index (χ0v) is 11.9. The molecule has 0 spiro atoms. The lowest BCUT2D eigenvalue weighted by molar-refractivity contribution is -0.137. The van der Waals surface area contributed by atoms with Crippen LogP contribution in [0.3, 0.4) is 0 Å². The Bertz CT molecular complexity index is 421. The Labute approximate surface area is 114 Å². The maximum atomic E-state index is 12.3. The zero-order chi connectivity index (χ0) is 13.8. The molecule has 2 heterocycles. The van der Waals surface area contributed by atoms with E-state index >= 15 is 0 Å². The Kier molecular flexibility index (Phi) is 4.50. The van der Waals surface area contributed by atoms with Gasteiger partial charge in [0.2, 0.25) is 5.91 Å². The van der Waals surface area contributed by atoms with Crippen LogP contribution in [0.15, 0.2) is 24.5 Å². The van der Waals surface area contributed by atoms with E-state index in [-0.39, 0.29) is 11.9 Å². The quantitative estimate of drug-likeness (QED) is 0.785. The predicted octanol–water partition coefficient (Wildman–Crippen LogP) is 0.286. The van der Waals surface area contributed by atoms with Gasteiger partial charge in [-0.15, -0.1) is 0 Å². The number of nitrogens with zero attached hydrogens (tertiary/aromatic N) is 4. The van der Waals surface area contributed by atoms with Gasteiger partial charge in [-0.2, -0.15) is 0 Å². The molecule has 1 aliphatic rings. The Hall–Kier alpha value is -1.46. The third kappa shape index (κ3) is 3.52.